The number of hydrogen-bond donors (Lipinski definition) is 0. The first kappa shape index (κ1) is 20.0. The van der Waals surface area contributed by atoms with Crippen LogP contribution in [0, 0.1) is 0 Å². The van der Waals surface area contributed by atoms with E-state index < -0.39 is 0 Å². The molecule has 6 heteroatoms. The highest BCUT2D eigenvalue weighted by Gasteiger charge is 2.19. The van der Waals surface area contributed by atoms with Crippen LogP contribution in [0.3, 0.4) is 0 Å². The smallest absolute Gasteiger partial charge is 0.348 e. The van der Waals surface area contributed by atoms with Crippen LogP contribution in [0.4, 0.5) is 0 Å². The van der Waals surface area contributed by atoms with Crippen LogP contribution in [-0.2, 0) is 17.9 Å². The number of para-hydroxylation sites is 1. The molecule has 0 aliphatic carbocycles. The predicted molar refractivity (Wildman–Crippen MR) is 124 cm³/mol. The predicted octanol–water partition coefficient (Wildman–Crippen LogP) is 5.04. The van der Waals surface area contributed by atoms with Gasteiger partial charge in [0, 0.05) is 18.1 Å². The first-order valence-corrected chi connectivity index (χ1v) is 10.4. The minimum Gasteiger partial charge on any atom is -0.489 e. The lowest BCUT2D eigenvalue weighted by Crippen LogP contribution is -2.25. The molecule has 160 valence electrons. The fourth-order valence-corrected chi connectivity index (χ4v) is 3.80. The second-order valence-electron chi connectivity index (χ2n) is 7.46. The Labute approximate surface area is 184 Å². The van der Waals surface area contributed by atoms with Crippen LogP contribution in [0.2, 0.25) is 0 Å². The summed E-state index contributed by atoms with van der Waals surface area (Å²) in [7, 11) is 1.61. The standard InChI is InChI=1S/C26H22N2O4/c1-30-16-15-28-24-21-9-5-6-10-22(21)32-25(24)23(27-26(28)29)19-11-13-20(14-12-19)31-17-18-7-3-2-4-8-18/h2-14H,15-17H2,1H3. The van der Waals surface area contributed by atoms with E-state index in [1.54, 1.807) is 11.7 Å². The zero-order valence-corrected chi connectivity index (χ0v) is 17.7. The van der Waals surface area contributed by atoms with E-state index in [-0.39, 0.29) is 5.69 Å². The molecule has 6 nitrogen and oxygen atoms in total. The van der Waals surface area contributed by atoms with Crippen molar-refractivity contribution in [1.29, 1.82) is 0 Å². The number of hydrogen-bond acceptors (Lipinski definition) is 5. The van der Waals surface area contributed by atoms with Crippen molar-refractivity contribution in [2.24, 2.45) is 0 Å². The maximum Gasteiger partial charge on any atom is 0.348 e. The zero-order chi connectivity index (χ0) is 21.9. The molecule has 0 amide bonds. The van der Waals surface area contributed by atoms with Gasteiger partial charge < -0.3 is 13.9 Å². The summed E-state index contributed by atoms with van der Waals surface area (Å²) >= 11 is 0. The van der Waals surface area contributed by atoms with Gasteiger partial charge in [-0.15, -0.1) is 0 Å². The van der Waals surface area contributed by atoms with Crippen molar-refractivity contribution in [3.63, 3.8) is 0 Å². The van der Waals surface area contributed by atoms with Gasteiger partial charge in [0.25, 0.3) is 0 Å². The fraction of sp³-hybridized carbons (Fsp3) is 0.154. The van der Waals surface area contributed by atoms with Crippen molar-refractivity contribution in [2.45, 2.75) is 13.2 Å². The topological polar surface area (TPSA) is 66.5 Å². The molecule has 3 aromatic carbocycles. The van der Waals surface area contributed by atoms with E-state index in [0.717, 1.165) is 27.8 Å². The summed E-state index contributed by atoms with van der Waals surface area (Å²) in [5, 5.41) is 0.877. The average Bonchev–Trinajstić information content (AvgIpc) is 3.22. The normalized spacial score (nSPS) is 11.3. The Bertz CT molecular complexity index is 1420. The summed E-state index contributed by atoms with van der Waals surface area (Å²) in [5.41, 5.74) is 4.10. The fourth-order valence-electron chi connectivity index (χ4n) is 3.80. The number of rotatable bonds is 7. The molecule has 0 radical (unpaired) electrons. The molecule has 2 heterocycles. The molecule has 0 aliphatic rings. The minimum atomic E-state index is -0.333. The molecule has 0 spiro atoms. The first-order chi connectivity index (χ1) is 15.7. The highest BCUT2D eigenvalue weighted by molar-refractivity contribution is 6.06. The van der Waals surface area contributed by atoms with Gasteiger partial charge in [-0.1, -0.05) is 42.5 Å². The molecule has 0 fully saturated rings. The van der Waals surface area contributed by atoms with Crippen molar-refractivity contribution in [1.82, 2.24) is 9.55 Å². The Kier molecular flexibility index (Phi) is 5.44. The van der Waals surface area contributed by atoms with Gasteiger partial charge in [0.15, 0.2) is 5.58 Å². The molecular formula is C26H22N2O4. The second kappa shape index (κ2) is 8.69. The first-order valence-electron chi connectivity index (χ1n) is 10.4. The van der Waals surface area contributed by atoms with E-state index in [1.165, 1.54) is 0 Å². The monoisotopic (exact) mass is 426 g/mol. The number of nitrogens with zero attached hydrogens (tertiary/aromatic N) is 2. The van der Waals surface area contributed by atoms with E-state index in [2.05, 4.69) is 4.98 Å². The molecule has 0 saturated carbocycles. The summed E-state index contributed by atoms with van der Waals surface area (Å²) in [6.45, 7) is 1.29. The third-order valence-electron chi connectivity index (χ3n) is 5.39. The molecule has 0 saturated heterocycles. The van der Waals surface area contributed by atoms with E-state index in [9.17, 15) is 4.79 Å². The molecule has 2 aromatic heterocycles. The highest BCUT2D eigenvalue weighted by atomic mass is 16.5. The van der Waals surface area contributed by atoms with E-state index in [1.807, 2.05) is 78.9 Å². The maximum absolute atomic E-state index is 12.9. The Morgan fingerprint density at radius 3 is 2.47 bits per heavy atom. The lowest BCUT2D eigenvalue weighted by atomic mass is 10.1. The van der Waals surface area contributed by atoms with Gasteiger partial charge in [-0.25, -0.2) is 4.79 Å². The van der Waals surface area contributed by atoms with Crippen molar-refractivity contribution >= 4 is 22.1 Å². The Balaban J connectivity index is 1.54. The van der Waals surface area contributed by atoms with Crippen molar-refractivity contribution in [3.8, 4) is 17.0 Å². The summed E-state index contributed by atoms with van der Waals surface area (Å²) in [5.74, 6) is 0.742. The molecular weight excluding hydrogens is 404 g/mol. The van der Waals surface area contributed by atoms with E-state index >= 15 is 0 Å². The van der Waals surface area contributed by atoms with E-state index in [4.69, 9.17) is 13.9 Å². The molecule has 0 atom stereocenters. The van der Waals surface area contributed by atoms with Crippen LogP contribution in [0.1, 0.15) is 5.56 Å². The molecule has 32 heavy (non-hydrogen) atoms. The number of methoxy groups -OCH3 is 1. The third kappa shape index (κ3) is 3.76. The van der Waals surface area contributed by atoms with Crippen LogP contribution in [0.15, 0.2) is 88.1 Å². The van der Waals surface area contributed by atoms with E-state index in [0.29, 0.717) is 36.6 Å². The van der Waals surface area contributed by atoms with Gasteiger partial charge in [0.2, 0.25) is 0 Å². The second-order valence-corrected chi connectivity index (χ2v) is 7.46. The summed E-state index contributed by atoms with van der Waals surface area (Å²) in [4.78, 5) is 17.3. The maximum atomic E-state index is 12.9. The SMILES string of the molecule is COCCn1c(=O)nc(-c2ccc(OCc3ccccc3)cc2)c2oc3ccccc3c21. The average molecular weight is 426 g/mol. The summed E-state index contributed by atoms with van der Waals surface area (Å²) in [6, 6.07) is 25.2. The number of benzene rings is 3. The number of ether oxygens (including phenoxy) is 2. The van der Waals surface area contributed by atoms with Gasteiger partial charge in [0.05, 0.1) is 13.2 Å². The van der Waals surface area contributed by atoms with Crippen LogP contribution in [0.5, 0.6) is 5.75 Å². The van der Waals surface area contributed by atoms with Gasteiger partial charge in [-0.05, 0) is 42.0 Å². The number of furan rings is 1. The Morgan fingerprint density at radius 2 is 1.69 bits per heavy atom. The van der Waals surface area contributed by atoms with Crippen LogP contribution in [0.25, 0.3) is 33.3 Å². The zero-order valence-electron chi connectivity index (χ0n) is 17.7. The highest BCUT2D eigenvalue weighted by Crippen LogP contribution is 2.34. The lowest BCUT2D eigenvalue weighted by molar-refractivity contribution is 0.187. The Morgan fingerprint density at radius 1 is 0.938 bits per heavy atom. The van der Waals surface area contributed by atoms with Gasteiger partial charge in [-0.3, -0.25) is 4.57 Å². The summed E-state index contributed by atoms with van der Waals surface area (Å²) in [6.07, 6.45) is 0. The number of aromatic nitrogens is 2. The quantitative estimate of drug-likeness (QED) is 0.365. The van der Waals surface area contributed by atoms with Gasteiger partial charge in [0.1, 0.15) is 29.2 Å². The van der Waals surface area contributed by atoms with Gasteiger partial charge >= 0.3 is 5.69 Å². The van der Waals surface area contributed by atoms with Crippen LogP contribution >= 0.6 is 0 Å². The van der Waals surface area contributed by atoms with Crippen LogP contribution < -0.4 is 10.4 Å². The molecule has 0 bridgehead atoms. The Hall–Kier alpha value is -3.90. The number of fused-ring (bicyclic) bond motifs is 3. The molecule has 5 rings (SSSR count). The summed E-state index contributed by atoms with van der Waals surface area (Å²) < 4.78 is 18.8. The van der Waals surface area contributed by atoms with Crippen molar-refractivity contribution in [2.75, 3.05) is 13.7 Å². The van der Waals surface area contributed by atoms with Crippen molar-refractivity contribution < 1.29 is 13.9 Å². The minimum absolute atomic E-state index is 0.333. The third-order valence-corrected chi connectivity index (χ3v) is 5.39. The van der Waals surface area contributed by atoms with Crippen LogP contribution in [-0.4, -0.2) is 23.3 Å². The molecule has 0 N–H and O–H groups in total. The molecule has 5 aromatic rings. The molecule has 0 aliphatic heterocycles. The van der Waals surface area contributed by atoms with Gasteiger partial charge in [-0.2, -0.15) is 4.98 Å². The molecule has 0 unspecified atom stereocenters. The largest absolute Gasteiger partial charge is 0.489 e. The van der Waals surface area contributed by atoms with Crippen molar-refractivity contribution in [3.05, 3.63) is 94.9 Å². The lowest BCUT2D eigenvalue weighted by Gasteiger charge is -2.10.